The number of ether oxygens (including phenoxy) is 2. The van der Waals surface area contributed by atoms with Gasteiger partial charge in [-0.1, -0.05) is 184 Å². The van der Waals surface area contributed by atoms with Gasteiger partial charge in [-0.05, 0) is 44.9 Å². The number of rotatable bonds is 36. The van der Waals surface area contributed by atoms with Gasteiger partial charge in [-0.3, -0.25) is 9.59 Å². The Morgan fingerprint density at radius 3 is 1.68 bits per heavy atom. The van der Waals surface area contributed by atoms with E-state index < -0.39 is 18.2 Å². The van der Waals surface area contributed by atoms with Gasteiger partial charge in [0.1, 0.15) is 6.61 Å². The fraction of sp³-hybridized carbons (Fsp3) is 0.727. The molecule has 6 heteroatoms. The van der Waals surface area contributed by atoms with Crippen LogP contribution in [0.3, 0.4) is 0 Å². The second kappa shape index (κ2) is 39.3. The number of carbonyl (C=O) groups excluding carboxylic acids is 2. The summed E-state index contributed by atoms with van der Waals surface area (Å²) in [7, 11) is 0. The Hall–Kier alpha value is -2.44. The highest BCUT2D eigenvalue weighted by Gasteiger charge is 2.16. The third kappa shape index (κ3) is 36.8. The number of carbonyl (C=O) groups is 2. The van der Waals surface area contributed by atoms with Crippen molar-refractivity contribution in [3.8, 4) is 0 Å². The molecule has 1 unspecified atom stereocenters. The Bertz CT molecular complexity index is 902. The van der Waals surface area contributed by atoms with Gasteiger partial charge in [-0.15, -0.1) is 0 Å². The first-order chi connectivity index (χ1) is 24.5. The Kier molecular flexibility index (Phi) is 37.4. The molecule has 2 atom stereocenters. The van der Waals surface area contributed by atoms with Crippen LogP contribution in [0.4, 0.5) is 0 Å². The van der Waals surface area contributed by atoms with Gasteiger partial charge < -0.3 is 19.7 Å². The molecule has 0 saturated heterocycles. The Labute approximate surface area is 307 Å². The maximum Gasteiger partial charge on any atom is 0.306 e. The first kappa shape index (κ1) is 47.6. The predicted molar refractivity (Wildman–Crippen MR) is 211 cm³/mol. The lowest BCUT2D eigenvalue weighted by Crippen LogP contribution is -2.28. The molecule has 0 aromatic rings. The quantitative estimate of drug-likeness (QED) is 0.0292. The molecule has 0 saturated carbocycles. The standard InChI is InChI=1S/C44H76O6/c1-3-5-7-9-11-12-13-14-15-16-17-18-19-20-21-25-29-33-37-43(47)49-40-42(39-45)50-44(48)38-34-30-26-23-22-24-28-32-36-41(46)35-31-27-10-8-6-4-2/h6,8,23-24,26-28,31-32,36,41-42,45-46H,3-5,7,9-22,25,29-30,33-35,37-40H2,1-2H3/b8-6-,26-23-,28-24-,31-27-,36-32+/t41?,42-/m0/s1. The van der Waals surface area contributed by atoms with E-state index in [-0.39, 0.29) is 25.6 Å². The zero-order valence-corrected chi connectivity index (χ0v) is 32.3. The summed E-state index contributed by atoms with van der Waals surface area (Å²) in [5.74, 6) is -0.696. The van der Waals surface area contributed by atoms with Crippen LogP contribution in [0.25, 0.3) is 0 Å². The molecule has 0 fully saturated rings. The molecule has 288 valence electrons. The number of hydrogen-bond acceptors (Lipinski definition) is 6. The van der Waals surface area contributed by atoms with E-state index in [2.05, 4.69) is 32.1 Å². The van der Waals surface area contributed by atoms with Crippen LogP contribution in [-0.2, 0) is 19.1 Å². The van der Waals surface area contributed by atoms with Crippen molar-refractivity contribution in [1.82, 2.24) is 0 Å². The molecule has 6 nitrogen and oxygen atoms in total. The number of esters is 2. The van der Waals surface area contributed by atoms with Crippen LogP contribution < -0.4 is 0 Å². The molecular weight excluding hydrogens is 624 g/mol. The minimum Gasteiger partial charge on any atom is -0.462 e. The lowest BCUT2D eigenvalue weighted by atomic mass is 10.0. The summed E-state index contributed by atoms with van der Waals surface area (Å²) in [6, 6.07) is 0. The van der Waals surface area contributed by atoms with Gasteiger partial charge in [0.25, 0.3) is 0 Å². The molecule has 0 aliphatic carbocycles. The summed E-state index contributed by atoms with van der Waals surface area (Å²) in [5, 5.41) is 19.5. The first-order valence-electron chi connectivity index (χ1n) is 20.5. The first-order valence-corrected chi connectivity index (χ1v) is 20.5. The SMILES string of the molecule is CC/C=C\C/C=C\CC(O)/C=C/C=C\C/C=C\CCCC(=O)O[C@@H](CO)COC(=O)CCCCCCCCCCCCCCCCCCCC. The van der Waals surface area contributed by atoms with Gasteiger partial charge in [0, 0.05) is 12.8 Å². The van der Waals surface area contributed by atoms with Gasteiger partial charge in [0.15, 0.2) is 6.10 Å². The van der Waals surface area contributed by atoms with Crippen molar-refractivity contribution in [2.24, 2.45) is 0 Å². The number of aliphatic hydroxyl groups excluding tert-OH is 2. The Morgan fingerprint density at radius 2 is 1.10 bits per heavy atom. The third-order valence-electron chi connectivity index (χ3n) is 8.66. The fourth-order valence-corrected chi connectivity index (χ4v) is 5.56. The molecule has 0 aromatic carbocycles. The molecule has 0 spiro atoms. The number of aliphatic hydroxyl groups is 2. The van der Waals surface area contributed by atoms with E-state index in [0.29, 0.717) is 19.3 Å². The topological polar surface area (TPSA) is 93.1 Å². The molecule has 0 amide bonds. The molecule has 0 bridgehead atoms. The van der Waals surface area contributed by atoms with Crippen LogP contribution in [0.2, 0.25) is 0 Å². The second-order valence-corrected chi connectivity index (χ2v) is 13.5. The smallest absolute Gasteiger partial charge is 0.306 e. The van der Waals surface area contributed by atoms with Gasteiger partial charge in [-0.25, -0.2) is 0 Å². The normalized spacial score (nSPS) is 13.4. The number of hydrogen-bond donors (Lipinski definition) is 2. The zero-order valence-electron chi connectivity index (χ0n) is 32.3. The van der Waals surface area contributed by atoms with Crippen molar-refractivity contribution >= 4 is 11.9 Å². The van der Waals surface area contributed by atoms with Crippen molar-refractivity contribution in [1.29, 1.82) is 0 Å². The fourth-order valence-electron chi connectivity index (χ4n) is 5.56. The summed E-state index contributed by atoms with van der Waals surface area (Å²) in [6.45, 7) is 3.91. The van der Waals surface area contributed by atoms with E-state index in [1.165, 1.54) is 96.3 Å². The summed E-state index contributed by atoms with van der Waals surface area (Å²) >= 11 is 0. The predicted octanol–water partition coefficient (Wildman–Crippen LogP) is 11.8. The van der Waals surface area contributed by atoms with Crippen LogP contribution in [0.1, 0.15) is 181 Å². The van der Waals surface area contributed by atoms with Crippen molar-refractivity contribution in [3.05, 3.63) is 60.8 Å². The maximum absolute atomic E-state index is 12.2. The second-order valence-electron chi connectivity index (χ2n) is 13.5. The molecule has 50 heavy (non-hydrogen) atoms. The molecule has 0 aliphatic heterocycles. The van der Waals surface area contributed by atoms with E-state index in [0.717, 1.165) is 44.9 Å². The van der Waals surface area contributed by atoms with Gasteiger partial charge >= 0.3 is 11.9 Å². The highest BCUT2D eigenvalue weighted by atomic mass is 16.6. The molecule has 0 aliphatic rings. The highest BCUT2D eigenvalue weighted by molar-refractivity contribution is 5.70. The van der Waals surface area contributed by atoms with Crippen LogP contribution in [-0.4, -0.2) is 47.6 Å². The summed E-state index contributed by atoms with van der Waals surface area (Å²) in [5.41, 5.74) is 0. The lowest BCUT2D eigenvalue weighted by Gasteiger charge is -2.15. The van der Waals surface area contributed by atoms with E-state index in [1.54, 1.807) is 6.08 Å². The van der Waals surface area contributed by atoms with Crippen molar-refractivity contribution in [2.45, 2.75) is 193 Å². The Balaban J connectivity index is 3.69. The van der Waals surface area contributed by atoms with E-state index in [4.69, 9.17) is 9.47 Å². The molecule has 0 rings (SSSR count). The van der Waals surface area contributed by atoms with Gasteiger partial charge in [0.05, 0.1) is 12.7 Å². The largest absolute Gasteiger partial charge is 0.462 e. The Morgan fingerprint density at radius 1 is 0.580 bits per heavy atom. The van der Waals surface area contributed by atoms with Crippen molar-refractivity contribution < 1.29 is 29.3 Å². The van der Waals surface area contributed by atoms with Gasteiger partial charge in [-0.2, -0.15) is 0 Å². The van der Waals surface area contributed by atoms with E-state index in [9.17, 15) is 19.8 Å². The molecule has 2 N–H and O–H groups in total. The maximum atomic E-state index is 12.2. The molecular formula is C44H76O6. The molecule has 0 radical (unpaired) electrons. The van der Waals surface area contributed by atoms with Crippen molar-refractivity contribution in [2.75, 3.05) is 13.2 Å². The summed E-state index contributed by atoms with van der Waals surface area (Å²) in [4.78, 5) is 24.3. The average Bonchev–Trinajstić information content (AvgIpc) is 3.11. The van der Waals surface area contributed by atoms with E-state index >= 15 is 0 Å². The molecule has 0 heterocycles. The number of allylic oxidation sites excluding steroid dienone is 8. The highest BCUT2D eigenvalue weighted by Crippen LogP contribution is 2.15. The average molecular weight is 701 g/mol. The van der Waals surface area contributed by atoms with Gasteiger partial charge in [0.2, 0.25) is 0 Å². The summed E-state index contributed by atoms with van der Waals surface area (Å²) in [6.07, 6.45) is 47.5. The van der Waals surface area contributed by atoms with Crippen LogP contribution in [0.15, 0.2) is 60.8 Å². The van der Waals surface area contributed by atoms with Crippen molar-refractivity contribution in [3.63, 3.8) is 0 Å². The lowest BCUT2D eigenvalue weighted by molar-refractivity contribution is -0.161. The summed E-state index contributed by atoms with van der Waals surface area (Å²) < 4.78 is 10.5. The zero-order chi connectivity index (χ0) is 36.6. The minimum atomic E-state index is -0.821. The van der Waals surface area contributed by atoms with Crippen LogP contribution in [0.5, 0.6) is 0 Å². The molecule has 0 aromatic heterocycles. The minimum absolute atomic E-state index is 0.106. The monoisotopic (exact) mass is 701 g/mol. The van der Waals surface area contributed by atoms with E-state index in [1.807, 2.05) is 36.5 Å². The number of unbranched alkanes of at least 4 members (excludes halogenated alkanes) is 18. The third-order valence-corrected chi connectivity index (χ3v) is 8.66. The van der Waals surface area contributed by atoms with Crippen LogP contribution >= 0.6 is 0 Å². The van der Waals surface area contributed by atoms with Crippen LogP contribution in [0, 0.1) is 0 Å².